The minimum absolute atomic E-state index is 0.0796. The molecule has 1 unspecified atom stereocenters. The highest BCUT2D eigenvalue weighted by Gasteiger charge is 2.15. The van der Waals surface area contributed by atoms with Crippen molar-refractivity contribution in [3.8, 4) is 0 Å². The van der Waals surface area contributed by atoms with E-state index in [0.717, 1.165) is 31.5 Å². The van der Waals surface area contributed by atoms with E-state index in [9.17, 15) is 8.42 Å². The normalized spacial score (nSPS) is 13.1. The number of hydrogen-bond donors (Lipinski definition) is 4. The maximum Gasteiger partial charge on any atom is 0.242 e. The van der Waals surface area contributed by atoms with Crippen LogP contribution in [0.3, 0.4) is 0 Å². The van der Waals surface area contributed by atoms with E-state index in [1.807, 2.05) is 0 Å². The first-order chi connectivity index (χ1) is 9.94. The van der Waals surface area contributed by atoms with Gasteiger partial charge in [-0.15, -0.1) is 0 Å². The van der Waals surface area contributed by atoms with Crippen LogP contribution in [-0.2, 0) is 10.0 Å². The van der Waals surface area contributed by atoms with Crippen LogP contribution in [0.4, 0.5) is 11.4 Å². The summed E-state index contributed by atoms with van der Waals surface area (Å²) >= 11 is 0. The molecular weight excluding hydrogens is 290 g/mol. The Balaban J connectivity index is 2.76. The predicted octanol–water partition coefficient (Wildman–Crippen LogP) is 1.39. The van der Waals surface area contributed by atoms with Gasteiger partial charge in [-0.1, -0.05) is 13.3 Å². The van der Waals surface area contributed by atoms with E-state index in [1.165, 1.54) is 13.1 Å². The molecular formula is C14H25N3O3S. The van der Waals surface area contributed by atoms with E-state index in [0.29, 0.717) is 5.92 Å². The Morgan fingerprint density at radius 2 is 2.05 bits per heavy atom. The molecule has 1 aromatic carbocycles. The average molecular weight is 315 g/mol. The number of hydrogen-bond acceptors (Lipinski definition) is 5. The van der Waals surface area contributed by atoms with Gasteiger partial charge in [0.1, 0.15) is 4.90 Å². The molecule has 6 nitrogen and oxygen atoms in total. The minimum Gasteiger partial charge on any atom is -0.398 e. The van der Waals surface area contributed by atoms with Crippen LogP contribution < -0.4 is 15.8 Å². The second-order valence-electron chi connectivity index (χ2n) is 5.01. The van der Waals surface area contributed by atoms with E-state index >= 15 is 0 Å². The van der Waals surface area contributed by atoms with Crippen molar-refractivity contribution in [1.82, 2.24) is 4.72 Å². The quantitative estimate of drug-likeness (QED) is 0.515. The Kier molecular flexibility index (Phi) is 6.94. The van der Waals surface area contributed by atoms with Crippen LogP contribution in [0.2, 0.25) is 0 Å². The van der Waals surface area contributed by atoms with Gasteiger partial charge >= 0.3 is 0 Å². The maximum atomic E-state index is 11.7. The van der Waals surface area contributed by atoms with Crippen LogP contribution in [0.25, 0.3) is 0 Å². The molecule has 1 atom stereocenters. The number of benzene rings is 1. The zero-order valence-electron chi connectivity index (χ0n) is 12.6. The van der Waals surface area contributed by atoms with Crippen molar-refractivity contribution in [1.29, 1.82) is 0 Å². The molecule has 1 aromatic rings. The van der Waals surface area contributed by atoms with E-state index in [4.69, 9.17) is 10.8 Å². The Bertz CT molecular complexity index is 540. The number of nitrogens with two attached hydrogens (primary N) is 1. The topological polar surface area (TPSA) is 104 Å². The van der Waals surface area contributed by atoms with Crippen molar-refractivity contribution >= 4 is 21.4 Å². The Morgan fingerprint density at radius 1 is 1.33 bits per heavy atom. The fourth-order valence-electron chi connectivity index (χ4n) is 2.21. The number of aliphatic hydroxyl groups excluding tert-OH is 1. The van der Waals surface area contributed by atoms with Gasteiger partial charge in [-0.25, -0.2) is 13.1 Å². The molecule has 0 fully saturated rings. The SMILES string of the molecule is CCCC(CCO)CNc1ccc(S(=O)(=O)NC)c(N)c1. The first-order valence-electron chi connectivity index (χ1n) is 7.12. The molecule has 0 aliphatic rings. The zero-order valence-corrected chi connectivity index (χ0v) is 13.4. The predicted molar refractivity (Wildman–Crippen MR) is 85.7 cm³/mol. The van der Waals surface area contributed by atoms with Gasteiger partial charge in [-0.2, -0.15) is 0 Å². The lowest BCUT2D eigenvalue weighted by molar-refractivity contribution is 0.255. The summed E-state index contributed by atoms with van der Waals surface area (Å²) < 4.78 is 25.7. The molecule has 7 heteroatoms. The highest BCUT2D eigenvalue weighted by Crippen LogP contribution is 2.23. The third-order valence-corrected chi connectivity index (χ3v) is 4.89. The van der Waals surface area contributed by atoms with Gasteiger partial charge in [0, 0.05) is 18.8 Å². The lowest BCUT2D eigenvalue weighted by Gasteiger charge is -2.17. The highest BCUT2D eigenvalue weighted by molar-refractivity contribution is 7.89. The fourth-order valence-corrected chi connectivity index (χ4v) is 3.05. The summed E-state index contributed by atoms with van der Waals surface area (Å²) in [5.41, 5.74) is 6.80. The molecule has 0 saturated carbocycles. The largest absolute Gasteiger partial charge is 0.398 e. The number of nitrogen functional groups attached to an aromatic ring is 1. The monoisotopic (exact) mass is 315 g/mol. The number of anilines is 2. The van der Waals surface area contributed by atoms with Crippen molar-refractivity contribution in [2.75, 3.05) is 31.2 Å². The molecule has 0 spiro atoms. The molecule has 0 aliphatic carbocycles. The van der Waals surface area contributed by atoms with Crippen molar-refractivity contribution in [2.24, 2.45) is 5.92 Å². The third-order valence-electron chi connectivity index (χ3n) is 3.40. The summed E-state index contributed by atoms with van der Waals surface area (Å²) in [6.07, 6.45) is 2.85. The number of nitrogens with one attached hydrogen (secondary N) is 2. The van der Waals surface area contributed by atoms with Crippen LogP contribution in [0.15, 0.2) is 23.1 Å². The van der Waals surface area contributed by atoms with Crippen LogP contribution >= 0.6 is 0 Å². The Hall–Kier alpha value is -1.31. The molecule has 1 rings (SSSR count). The standard InChI is InChI=1S/C14H25N3O3S/c1-3-4-11(7-8-18)10-17-12-5-6-14(13(15)9-12)21(19,20)16-2/h5-6,9,11,16-18H,3-4,7-8,10,15H2,1-2H3. The zero-order chi connectivity index (χ0) is 15.9. The van der Waals surface area contributed by atoms with Crippen LogP contribution in [0.5, 0.6) is 0 Å². The number of sulfonamides is 1. The number of rotatable bonds is 9. The molecule has 0 radical (unpaired) electrons. The van der Waals surface area contributed by atoms with Crippen molar-refractivity contribution in [3.05, 3.63) is 18.2 Å². The molecule has 0 amide bonds. The second kappa shape index (κ2) is 8.21. The molecule has 0 bridgehead atoms. The van der Waals surface area contributed by atoms with Crippen LogP contribution in [0, 0.1) is 5.92 Å². The molecule has 0 heterocycles. The number of aliphatic hydroxyl groups is 1. The summed E-state index contributed by atoms with van der Waals surface area (Å²) in [5.74, 6) is 0.391. The lowest BCUT2D eigenvalue weighted by atomic mass is 10.0. The molecule has 0 saturated heterocycles. The molecule has 0 aliphatic heterocycles. The first-order valence-corrected chi connectivity index (χ1v) is 8.60. The molecule has 5 N–H and O–H groups in total. The van der Waals surface area contributed by atoms with Crippen LogP contribution in [0.1, 0.15) is 26.2 Å². The van der Waals surface area contributed by atoms with Gasteiger partial charge in [0.2, 0.25) is 10.0 Å². The lowest BCUT2D eigenvalue weighted by Crippen LogP contribution is -2.20. The van der Waals surface area contributed by atoms with E-state index < -0.39 is 10.0 Å². The summed E-state index contributed by atoms with van der Waals surface area (Å²) in [6.45, 7) is 3.01. The fraction of sp³-hybridized carbons (Fsp3) is 0.571. The molecule has 120 valence electrons. The van der Waals surface area contributed by atoms with Gasteiger partial charge in [-0.3, -0.25) is 0 Å². The summed E-state index contributed by atoms with van der Waals surface area (Å²) in [4.78, 5) is 0.0796. The van der Waals surface area contributed by atoms with Crippen LogP contribution in [-0.4, -0.2) is 33.7 Å². The van der Waals surface area contributed by atoms with Gasteiger partial charge < -0.3 is 16.2 Å². The smallest absolute Gasteiger partial charge is 0.242 e. The Morgan fingerprint density at radius 3 is 2.57 bits per heavy atom. The van der Waals surface area contributed by atoms with Gasteiger partial charge in [0.25, 0.3) is 0 Å². The molecule has 21 heavy (non-hydrogen) atoms. The third kappa shape index (κ3) is 5.18. The van der Waals surface area contributed by atoms with E-state index in [2.05, 4.69) is 17.0 Å². The Labute approximate surface area is 126 Å². The first kappa shape index (κ1) is 17.7. The van der Waals surface area contributed by atoms with E-state index in [1.54, 1.807) is 12.1 Å². The van der Waals surface area contributed by atoms with Gasteiger partial charge in [-0.05, 0) is 44.0 Å². The van der Waals surface area contributed by atoms with Crippen molar-refractivity contribution < 1.29 is 13.5 Å². The average Bonchev–Trinajstić information content (AvgIpc) is 2.45. The molecule has 0 aromatic heterocycles. The van der Waals surface area contributed by atoms with Gasteiger partial charge in [0.05, 0.1) is 5.69 Å². The summed E-state index contributed by atoms with van der Waals surface area (Å²) in [7, 11) is -2.18. The minimum atomic E-state index is -3.53. The van der Waals surface area contributed by atoms with Crippen molar-refractivity contribution in [2.45, 2.75) is 31.1 Å². The second-order valence-corrected chi connectivity index (χ2v) is 6.86. The highest BCUT2D eigenvalue weighted by atomic mass is 32.2. The van der Waals surface area contributed by atoms with Crippen molar-refractivity contribution in [3.63, 3.8) is 0 Å². The van der Waals surface area contributed by atoms with E-state index in [-0.39, 0.29) is 17.2 Å². The maximum absolute atomic E-state index is 11.7. The summed E-state index contributed by atoms with van der Waals surface area (Å²) in [6, 6.07) is 4.80. The van der Waals surface area contributed by atoms with Gasteiger partial charge in [0.15, 0.2) is 0 Å². The summed E-state index contributed by atoms with van der Waals surface area (Å²) in [5, 5.41) is 12.3.